The molecule has 0 saturated heterocycles. The van der Waals surface area contributed by atoms with Gasteiger partial charge in [-0.3, -0.25) is 14.4 Å². The first-order valence-corrected chi connectivity index (χ1v) is 8.32. The third kappa shape index (κ3) is 4.57. The molecule has 1 N–H and O–H groups in total. The SMILES string of the molecule is CCN(CC)C(=O)c1ccc(NC(=O)COC(=O)[C@@H]2C[C@H]2C)cc1. The first-order chi connectivity index (χ1) is 11.5. The van der Waals surface area contributed by atoms with Crippen LogP contribution >= 0.6 is 0 Å². The molecule has 0 aromatic heterocycles. The summed E-state index contributed by atoms with van der Waals surface area (Å²) in [6, 6.07) is 6.68. The molecule has 130 valence electrons. The third-order valence-corrected chi connectivity index (χ3v) is 4.22. The van der Waals surface area contributed by atoms with Gasteiger partial charge in [-0.2, -0.15) is 0 Å². The van der Waals surface area contributed by atoms with Gasteiger partial charge in [-0.1, -0.05) is 6.92 Å². The highest BCUT2D eigenvalue weighted by molar-refractivity contribution is 5.96. The van der Waals surface area contributed by atoms with Crippen molar-refractivity contribution in [2.75, 3.05) is 25.0 Å². The van der Waals surface area contributed by atoms with E-state index in [0.29, 0.717) is 30.3 Å². The fourth-order valence-corrected chi connectivity index (χ4v) is 2.48. The summed E-state index contributed by atoms with van der Waals surface area (Å²) in [7, 11) is 0. The van der Waals surface area contributed by atoms with Crippen LogP contribution in [0.3, 0.4) is 0 Å². The molecule has 2 amide bonds. The monoisotopic (exact) mass is 332 g/mol. The van der Waals surface area contributed by atoms with Gasteiger partial charge in [0.15, 0.2) is 6.61 Å². The quantitative estimate of drug-likeness (QED) is 0.778. The van der Waals surface area contributed by atoms with Crippen molar-refractivity contribution in [2.24, 2.45) is 11.8 Å². The highest BCUT2D eigenvalue weighted by atomic mass is 16.5. The standard InChI is InChI=1S/C18H24N2O4/c1-4-20(5-2)17(22)13-6-8-14(9-7-13)19-16(21)11-24-18(23)15-10-12(15)3/h6-9,12,15H,4-5,10-11H2,1-3H3,(H,19,21)/t12-,15-/m1/s1. The molecule has 1 saturated carbocycles. The van der Waals surface area contributed by atoms with Gasteiger partial charge >= 0.3 is 5.97 Å². The fourth-order valence-electron chi connectivity index (χ4n) is 2.48. The van der Waals surface area contributed by atoms with E-state index >= 15 is 0 Å². The second-order valence-electron chi connectivity index (χ2n) is 6.03. The molecule has 0 unspecified atom stereocenters. The molecule has 1 aliphatic carbocycles. The number of nitrogens with one attached hydrogen (secondary N) is 1. The van der Waals surface area contributed by atoms with Gasteiger partial charge in [0.05, 0.1) is 5.92 Å². The van der Waals surface area contributed by atoms with E-state index in [-0.39, 0.29) is 30.3 Å². The molecule has 0 aliphatic heterocycles. The molecule has 2 atom stereocenters. The zero-order valence-electron chi connectivity index (χ0n) is 14.4. The molecule has 0 bridgehead atoms. The summed E-state index contributed by atoms with van der Waals surface area (Å²) in [5, 5.41) is 2.65. The number of rotatable bonds is 7. The average Bonchev–Trinajstić information content (AvgIpc) is 3.31. The van der Waals surface area contributed by atoms with Crippen molar-refractivity contribution in [2.45, 2.75) is 27.2 Å². The number of esters is 1. The predicted molar refractivity (Wildman–Crippen MR) is 90.6 cm³/mol. The van der Waals surface area contributed by atoms with Gasteiger partial charge in [-0.15, -0.1) is 0 Å². The predicted octanol–water partition coefficient (Wildman–Crippen LogP) is 2.31. The normalized spacial score (nSPS) is 18.6. The maximum absolute atomic E-state index is 12.2. The Labute approximate surface area is 142 Å². The zero-order chi connectivity index (χ0) is 17.7. The smallest absolute Gasteiger partial charge is 0.309 e. The first-order valence-electron chi connectivity index (χ1n) is 8.32. The number of carbonyl (C=O) groups is 3. The second-order valence-corrected chi connectivity index (χ2v) is 6.03. The average molecular weight is 332 g/mol. The maximum atomic E-state index is 12.2. The third-order valence-electron chi connectivity index (χ3n) is 4.22. The second kappa shape index (κ2) is 7.95. The molecule has 2 rings (SSSR count). The summed E-state index contributed by atoms with van der Waals surface area (Å²) in [4.78, 5) is 37.3. The number of nitrogens with zero attached hydrogens (tertiary/aromatic N) is 1. The van der Waals surface area contributed by atoms with Gasteiger partial charge in [0.2, 0.25) is 0 Å². The Morgan fingerprint density at radius 1 is 1.17 bits per heavy atom. The van der Waals surface area contributed by atoms with Crippen LogP contribution < -0.4 is 5.32 Å². The van der Waals surface area contributed by atoms with E-state index in [4.69, 9.17) is 4.74 Å². The van der Waals surface area contributed by atoms with Crippen molar-refractivity contribution in [1.29, 1.82) is 0 Å². The van der Waals surface area contributed by atoms with Gasteiger partial charge in [0.1, 0.15) is 0 Å². The van der Waals surface area contributed by atoms with Crippen molar-refractivity contribution in [3.63, 3.8) is 0 Å². The van der Waals surface area contributed by atoms with Crippen LogP contribution in [0.2, 0.25) is 0 Å². The van der Waals surface area contributed by atoms with E-state index < -0.39 is 0 Å². The Morgan fingerprint density at radius 2 is 1.75 bits per heavy atom. The molecule has 1 aliphatic rings. The first kappa shape index (κ1) is 18.0. The Morgan fingerprint density at radius 3 is 2.25 bits per heavy atom. The lowest BCUT2D eigenvalue weighted by molar-refractivity contribution is -0.148. The molecule has 6 nitrogen and oxygen atoms in total. The van der Waals surface area contributed by atoms with Crippen LogP contribution in [0.15, 0.2) is 24.3 Å². The lowest BCUT2D eigenvalue weighted by Crippen LogP contribution is -2.30. The summed E-state index contributed by atoms with van der Waals surface area (Å²) in [6.07, 6.45) is 0.836. The van der Waals surface area contributed by atoms with Gasteiger partial charge in [-0.25, -0.2) is 0 Å². The van der Waals surface area contributed by atoms with E-state index in [9.17, 15) is 14.4 Å². The number of amides is 2. The van der Waals surface area contributed by atoms with E-state index in [1.165, 1.54) is 0 Å². The molecular weight excluding hydrogens is 308 g/mol. The van der Waals surface area contributed by atoms with Gasteiger partial charge < -0.3 is 15.0 Å². The number of hydrogen-bond acceptors (Lipinski definition) is 4. The van der Waals surface area contributed by atoms with Gasteiger partial charge in [0.25, 0.3) is 11.8 Å². The summed E-state index contributed by atoms with van der Waals surface area (Å²) in [6.45, 7) is 6.85. The maximum Gasteiger partial charge on any atom is 0.309 e. The van der Waals surface area contributed by atoms with Crippen LogP contribution in [0.1, 0.15) is 37.6 Å². The summed E-state index contributed by atoms with van der Waals surface area (Å²) >= 11 is 0. The van der Waals surface area contributed by atoms with Gasteiger partial charge in [0, 0.05) is 24.3 Å². The Hall–Kier alpha value is -2.37. The number of benzene rings is 1. The fraction of sp³-hybridized carbons (Fsp3) is 0.500. The van der Waals surface area contributed by atoms with Crippen LogP contribution in [0.25, 0.3) is 0 Å². The minimum Gasteiger partial charge on any atom is -0.455 e. The summed E-state index contributed by atoms with van der Waals surface area (Å²) < 4.78 is 4.98. The Kier molecular flexibility index (Phi) is 5.95. The van der Waals surface area contributed by atoms with Crippen molar-refractivity contribution in [3.8, 4) is 0 Å². The molecule has 0 heterocycles. The minimum absolute atomic E-state index is 0.0367. The number of carbonyl (C=O) groups excluding carboxylic acids is 3. The van der Waals surface area contributed by atoms with Crippen LogP contribution in [0.4, 0.5) is 5.69 Å². The van der Waals surface area contributed by atoms with E-state index in [1.54, 1.807) is 29.2 Å². The van der Waals surface area contributed by atoms with E-state index in [0.717, 1.165) is 6.42 Å². The van der Waals surface area contributed by atoms with E-state index in [1.807, 2.05) is 20.8 Å². The molecule has 1 aromatic carbocycles. The summed E-state index contributed by atoms with van der Waals surface area (Å²) in [5.41, 5.74) is 1.14. The lowest BCUT2D eigenvalue weighted by atomic mass is 10.2. The van der Waals surface area contributed by atoms with Crippen LogP contribution in [-0.2, 0) is 14.3 Å². The van der Waals surface area contributed by atoms with Gasteiger partial charge in [-0.05, 0) is 50.5 Å². The molecule has 0 radical (unpaired) electrons. The molecule has 1 aromatic rings. The molecular formula is C18H24N2O4. The molecule has 24 heavy (non-hydrogen) atoms. The molecule has 0 spiro atoms. The highest BCUT2D eigenvalue weighted by Crippen LogP contribution is 2.38. The molecule has 6 heteroatoms. The van der Waals surface area contributed by atoms with Crippen LogP contribution in [-0.4, -0.2) is 42.4 Å². The zero-order valence-corrected chi connectivity index (χ0v) is 14.4. The Bertz CT molecular complexity index is 608. The lowest BCUT2D eigenvalue weighted by Gasteiger charge is -2.18. The minimum atomic E-state index is -0.389. The van der Waals surface area contributed by atoms with Crippen molar-refractivity contribution in [1.82, 2.24) is 4.90 Å². The van der Waals surface area contributed by atoms with Crippen molar-refractivity contribution in [3.05, 3.63) is 29.8 Å². The van der Waals surface area contributed by atoms with Crippen LogP contribution in [0, 0.1) is 11.8 Å². The number of ether oxygens (including phenoxy) is 1. The topological polar surface area (TPSA) is 75.7 Å². The highest BCUT2D eigenvalue weighted by Gasteiger charge is 2.40. The number of anilines is 1. The van der Waals surface area contributed by atoms with Crippen LogP contribution in [0.5, 0.6) is 0 Å². The van der Waals surface area contributed by atoms with Crippen molar-refractivity contribution < 1.29 is 19.1 Å². The Balaban J connectivity index is 1.83. The van der Waals surface area contributed by atoms with Crippen molar-refractivity contribution >= 4 is 23.5 Å². The van der Waals surface area contributed by atoms with E-state index in [2.05, 4.69) is 5.32 Å². The summed E-state index contributed by atoms with van der Waals surface area (Å²) in [5.74, 6) is -0.428. The largest absolute Gasteiger partial charge is 0.455 e. The molecule has 1 fully saturated rings. The number of hydrogen-bond donors (Lipinski definition) is 1.